The number of hydrogen-bond donors (Lipinski definition) is 2. The number of alkyl halides is 3. The van der Waals surface area contributed by atoms with E-state index < -0.39 is 17.4 Å². The number of ether oxygens (including phenoxy) is 2. The molecule has 4 bridgehead atoms. The molecule has 0 spiro atoms. The summed E-state index contributed by atoms with van der Waals surface area (Å²) in [6.07, 6.45) is 1.43. The lowest BCUT2D eigenvalue weighted by atomic mass is 9.48. The van der Waals surface area contributed by atoms with Crippen molar-refractivity contribution in [2.45, 2.75) is 70.6 Å². The van der Waals surface area contributed by atoms with Gasteiger partial charge < -0.3 is 15.2 Å². The largest absolute Gasteiger partial charge is 0.573 e. The maximum atomic E-state index is 12.5. The highest BCUT2D eigenvalue weighted by atomic mass is 19.4. The number of nitrogens with zero attached hydrogens (tertiary/aromatic N) is 2. The van der Waals surface area contributed by atoms with Crippen LogP contribution in [-0.2, 0) is 16.1 Å². The Morgan fingerprint density at radius 1 is 1.26 bits per heavy atom. The maximum absolute atomic E-state index is 12.5. The number of halogens is 3. The Balaban J connectivity index is 1.49. The highest BCUT2D eigenvalue weighted by molar-refractivity contribution is 5.91. The molecule has 3 N–H and O–H groups in total. The average molecular weight is 479 g/mol. The second-order valence-corrected chi connectivity index (χ2v) is 10.3. The van der Waals surface area contributed by atoms with Gasteiger partial charge in [0.1, 0.15) is 17.2 Å². The summed E-state index contributed by atoms with van der Waals surface area (Å²) in [5.74, 6) is 0.752. The maximum Gasteiger partial charge on any atom is 0.573 e. The number of benzene rings is 1. The molecule has 2 atom stereocenters. The van der Waals surface area contributed by atoms with Crippen LogP contribution in [0.2, 0.25) is 0 Å². The molecule has 1 aromatic carbocycles. The fourth-order valence-electron chi connectivity index (χ4n) is 6.21. The number of nitrogens with two attached hydrogens (primary N) is 1. The van der Waals surface area contributed by atoms with E-state index >= 15 is 0 Å². The summed E-state index contributed by atoms with van der Waals surface area (Å²) in [5.41, 5.74) is 4.83. The van der Waals surface area contributed by atoms with Crippen LogP contribution in [0.4, 0.5) is 13.2 Å². The Morgan fingerprint density at radius 3 is 2.53 bits per heavy atom. The summed E-state index contributed by atoms with van der Waals surface area (Å²) >= 11 is 0. The van der Waals surface area contributed by atoms with Gasteiger partial charge in [0.05, 0.1) is 12.6 Å². The van der Waals surface area contributed by atoms with Crippen LogP contribution in [0, 0.1) is 34.6 Å². The minimum Gasteiger partial charge on any atom is -0.406 e. The number of primary amides is 1. The summed E-state index contributed by atoms with van der Waals surface area (Å²) in [6, 6.07) is 5.54. The van der Waals surface area contributed by atoms with Crippen molar-refractivity contribution in [3.63, 3.8) is 0 Å². The standard InChI is InChI=1S/C24H29F3N4O3/c1-22(2,33-12-14-4-3-5-18(8-14)34-24(25,26)27)21(30-13-28)31-19-16-6-15-7-17(19)11-23(9-15,10-16)20(29)32/h3-5,8,15-17,19H,6-7,9-12H2,1-2H3,(H2,29,32)(H,30,31). The van der Waals surface area contributed by atoms with Gasteiger partial charge in [0, 0.05) is 5.41 Å². The number of amidine groups is 1. The monoisotopic (exact) mass is 478 g/mol. The zero-order valence-electron chi connectivity index (χ0n) is 19.2. The molecule has 5 rings (SSSR count). The van der Waals surface area contributed by atoms with Crippen molar-refractivity contribution in [1.29, 1.82) is 5.26 Å². The predicted octanol–water partition coefficient (Wildman–Crippen LogP) is 4.03. The molecule has 34 heavy (non-hydrogen) atoms. The number of carbonyl (C=O) groups excluding carboxylic acids is 1. The van der Waals surface area contributed by atoms with Crippen LogP contribution in [0.25, 0.3) is 0 Å². The van der Waals surface area contributed by atoms with E-state index in [1.54, 1.807) is 19.9 Å². The lowest BCUT2D eigenvalue weighted by Crippen LogP contribution is -2.58. The Labute approximate surface area is 196 Å². The number of nitriles is 1. The van der Waals surface area contributed by atoms with E-state index in [-0.39, 0.29) is 36.1 Å². The van der Waals surface area contributed by atoms with Crippen molar-refractivity contribution < 1.29 is 27.4 Å². The summed E-state index contributed by atoms with van der Waals surface area (Å²) in [7, 11) is 0. The van der Waals surface area contributed by atoms with E-state index in [1.807, 2.05) is 6.19 Å². The van der Waals surface area contributed by atoms with Crippen molar-refractivity contribution in [3.8, 4) is 11.9 Å². The third-order valence-corrected chi connectivity index (χ3v) is 7.50. The first-order valence-corrected chi connectivity index (χ1v) is 11.4. The second-order valence-electron chi connectivity index (χ2n) is 10.3. The fourth-order valence-corrected chi connectivity index (χ4v) is 6.21. The molecule has 4 saturated carbocycles. The third kappa shape index (κ3) is 4.99. The first kappa shape index (κ1) is 24.3. The molecule has 4 fully saturated rings. The van der Waals surface area contributed by atoms with Crippen LogP contribution in [0.1, 0.15) is 51.5 Å². The number of carbonyl (C=O) groups is 1. The van der Waals surface area contributed by atoms with Crippen molar-refractivity contribution in [1.82, 2.24) is 5.32 Å². The minimum absolute atomic E-state index is 0.00142. The molecular weight excluding hydrogens is 449 g/mol. The van der Waals surface area contributed by atoms with Crippen LogP contribution in [0.3, 0.4) is 0 Å². The molecule has 0 heterocycles. The molecule has 0 aromatic heterocycles. The molecule has 0 radical (unpaired) electrons. The Hall–Kier alpha value is -2.80. The zero-order chi connectivity index (χ0) is 24.7. The van der Waals surface area contributed by atoms with E-state index in [2.05, 4.69) is 10.1 Å². The zero-order valence-corrected chi connectivity index (χ0v) is 19.2. The van der Waals surface area contributed by atoms with Gasteiger partial charge >= 0.3 is 6.36 Å². The highest BCUT2D eigenvalue weighted by Gasteiger charge is 2.58. The molecule has 4 aliphatic rings. The van der Waals surface area contributed by atoms with E-state index in [4.69, 9.17) is 15.5 Å². The minimum atomic E-state index is -4.78. The smallest absolute Gasteiger partial charge is 0.406 e. The third-order valence-electron chi connectivity index (χ3n) is 7.50. The summed E-state index contributed by atoms with van der Waals surface area (Å²) in [4.78, 5) is 17.1. The number of aliphatic imine (C=N–C) groups is 1. The molecule has 0 aliphatic heterocycles. The van der Waals surface area contributed by atoms with Gasteiger partial charge in [0.15, 0.2) is 6.19 Å². The van der Waals surface area contributed by atoms with E-state index in [0.29, 0.717) is 17.3 Å². The summed E-state index contributed by atoms with van der Waals surface area (Å²) in [6.45, 7) is 3.51. The van der Waals surface area contributed by atoms with Crippen molar-refractivity contribution in [3.05, 3.63) is 29.8 Å². The topological polar surface area (TPSA) is 110 Å². The quantitative estimate of drug-likeness (QED) is 0.266. The molecule has 0 saturated heterocycles. The predicted molar refractivity (Wildman–Crippen MR) is 117 cm³/mol. The molecule has 184 valence electrons. The lowest BCUT2D eigenvalue weighted by Gasteiger charge is -2.57. The van der Waals surface area contributed by atoms with Crippen LogP contribution < -0.4 is 15.8 Å². The van der Waals surface area contributed by atoms with Crippen LogP contribution in [0.15, 0.2) is 29.3 Å². The summed E-state index contributed by atoms with van der Waals surface area (Å²) in [5, 5.41) is 12.0. The van der Waals surface area contributed by atoms with Gasteiger partial charge in [0.25, 0.3) is 0 Å². The fraction of sp³-hybridized carbons (Fsp3) is 0.625. The van der Waals surface area contributed by atoms with E-state index in [9.17, 15) is 23.2 Å². The number of hydrogen-bond acceptors (Lipinski definition) is 5. The summed E-state index contributed by atoms with van der Waals surface area (Å²) < 4.78 is 47.5. The average Bonchev–Trinajstić information content (AvgIpc) is 2.72. The Morgan fingerprint density at radius 2 is 1.94 bits per heavy atom. The van der Waals surface area contributed by atoms with Gasteiger partial charge in [-0.3, -0.25) is 15.1 Å². The molecular formula is C24H29F3N4O3. The van der Waals surface area contributed by atoms with Gasteiger partial charge in [-0.2, -0.15) is 5.26 Å². The van der Waals surface area contributed by atoms with E-state index in [0.717, 1.165) is 32.1 Å². The molecule has 1 amide bonds. The number of nitrogens with one attached hydrogen (secondary N) is 1. The second kappa shape index (κ2) is 8.77. The molecule has 10 heteroatoms. The lowest BCUT2D eigenvalue weighted by molar-refractivity contribution is -0.274. The molecule has 1 aromatic rings. The van der Waals surface area contributed by atoms with Crippen molar-refractivity contribution >= 4 is 11.7 Å². The molecule has 4 aliphatic carbocycles. The van der Waals surface area contributed by atoms with Crippen molar-refractivity contribution in [2.75, 3.05) is 0 Å². The molecule has 2 unspecified atom stereocenters. The first-order valence-electron chi connectivity index (χ1n) is 11.4. The SMILES string of the molecule is CC(C)(OCc1cccc(OC(F)(F)F)c1)C(=NC1C2CC3CC1CC(C(N)=O)(C3)C2)NC#N. The first-order chi connectivity index (χ1) is 15.9. The normalized spacial score (nSPS) is 30.6. The van der Waals surface area contributed by atoms with E-state index in [1.165, 1.54) is 18.2 Å². The highest BCUT2D eigenvalue weighted by Crippen LogP contribution is 2.60. The van der Waals surface area contributed by atoms with Gasteiger partial charge in [-0.25, -0.2) is 0 Å². The molecule has 7 nitrogen and oxygen atoms in total. The Bertz CT molecular complexity index is 1000. The van der Waals surface area contributed by atoms with Crippen LogP contribution in [-0.4, -0.2) is 29.7 Å². The van der Waals surface area contributed by atoms with Crippen LogP contribution in [0.5, 0.6) is 5.75 Å². The number of amides is 1. The van der Waals surface area contributed by atoms with Gasteiger partial charge in [-0.1, -0.05) is 12.1 Å². The number of rotatable bonds is 7. The van der Waals surface area contributed by atoms with Gasteiger partial charge in [0.2, 0.25) is 5.91 Å². The van der Waals surface area contributed by atoms with Crippen molar-refractivity contribution in [2.24, 2.45) is 33.9 Å². The van der Waals surface area contributed by atoms with Gasteiger partial charge in [-0.05, 0) is 81.4 Å². The van der Waals surface area contributed by atoms with Gasteiger partial charge in [-0.15, -0.1) is 13.2 Å². The van der Waals surface area contributed by atoms with Crippen LogP contribution >= 0.6 is 0 Å². The Kier molecular flexibility index (Phi) is 6.27.